The van der Waals surface area contributed by atoms with E-state index in [0.717, 1.165) is 19.6 Å². The highest BCUT2D eigenvalue weighted by Gasteiger charge is 2.10. The summed E-state index contributed by atoms with van der Waals surface area (Å²) in [5.74, 6) is 0. The largest absolute Gasteiger partial charge is 0.315 e. The predicted octanol–water partition coefficient (Wildman–Crippen LogP) is -1.19. The highest BCUT2D eigenvalue weighted by Crippen LogP contribution is 1.88. The molecule has 0 aromatic carbocycles. The number of nitrogens with zero attached hydrogens (tertiary/aromatic N) is 1. The molecule has 1 rings (SSSR count). The van der Waals surface area contributed by atoms with Crippen molar-refractivity contribution in [1.82, 2.24) is 10.2 Å². The highest BCUT2D eigenvalue weighted by molar-refractivity contribution is 4.70. The Morgan fingerprint density at radius 1 is 1.75 bits per heavy atom. The minimum Gasteiger partial charge on any atom is -0.315 e. The van der Waals surface area contributed by atoms with Gasteiger partial charge in [0.05, 0.1) is 6.17 Å². The highest BCUT2D eigenvalue weighted by atomic mass is 15.2. The lowest BCUT2D eigenvalue weighted by molar-refractivity contribution is 0.242. The number of rotatable bonds is 0. The lowest BCUT2D eigenvalue weighted by Gasteiger charge is -2.27. The van der Waals surface area contributed by atoms with Gasteiger partial charge in [0.25, 0.3) is 0 Å². The summed E-state index contributed by atoms with van der Waals surface area (Å²) in [6.45, 7) is 3.12. The van der Waals surface area contributed by atoms with Gasteiger partial charge in [-0.05, 0) is 7.05 Å². The van der Waals surface area contributed by atoms with Crippen LogP contribution in [0.25, 0.3) is 0 Å². The van der Waals surface area contributed by atoms with E-state index < -0.39 is 0 Å². The van der Waals surface area contributed by atoms with E-state index in [-0.39, 0.29) is 6.17 Å². The first-order chi connectivity index (χ1) is 3.79. The fourth-order valence-corrected chi connectivity index (χ4v) is 0.932. The SMILES string of the molecule is CN1CCNC(N)C1. The molecule has 8 heavy (non-hydrogen) atoms. The van der Waals surface area contributed by atoms with Crippen LogP contribution < -0.4 is 11.1 Å². The number of hydrogen-bond donors (Lipinski definition) is 2. The average Bonchev–Trinajstić information content (AvgIpc) is 1.64. The van der Waals surface area contributed by atoms with Crippen molar-refractivity contribution in [1.29, 1.82) is 0 Å². The summed E-state index contributed by atoms with van der Waals surface area (Å²) in [6.07, 6.45) is 0.189. The van der Waals surface area contributed by atoms with Gasteiger partial charge >= 0.3 is 0 Å². The molecule has 0 radical (unpaired) electrons. The predicted molar refractivity (Wildman–Crippen MR) is 33.5 cm³/mol. The molecule has 3 nitrogen and oxygen atoms in total. The number of nitrogens with one attached hydrogen (secondary N) is 1. The summed E-state index contributed by atoms with van der Waals surface area (Å²) in [6, 6.07) is 0. The molecule has 1 atom stereocenters. The van der Waals surface area contributed by atoms with Crippen LogP contribution in [0.3, 0.4) is 0 Å². The maximum atomic E-state index is 5.57. The van der Waals surface area contributed by atoms with Crippen LogP contribution in [-0.2, 0) is 0 Å². The second kappa shape index (κ2) is 2.44. The van der Waals surface area contributed by atoms with E-state index in [0.29, 0.717) is 0 Å². The van der Waals surface area contributed by atoms with Gasteiger partial charge in [-0.3, -0.25) is 5.32 Å². The molecule has 3 N–H and O–H groups in total. The van der Waals surface area contributed by atoms with E-state index in [2.05, 4.69) is 17.3 Å². The topological polar surface area (TPSA) is 41.3 Å². The quantitative estimate of drug-likeness (QED) is 0.417. The maximum Gasteiger partial charge on any atom is 0.0677 e. The van der Waals surface area contributed by atoms with E-state index in [1.165, 1.54) is 0 Å². The lowest BCUT2D eigenvalue weighted by Crippen LogP contribution is -2.53. The molecule has 0 saturated carbocycles. The van der Waals surface area contributed by atoms with Gasteiger partial charge in [-0.25, -0.2) is 0 Å². The summed E-state index contributed by atoms with van der Waals surface area (Å²) in [4.78, 5) is 2.22. The fraction of sp³-hybridized carbons (Fsp3) is 1.00. The van der Waals surface area contributed by atoms with Gasteiger partial charge in [0.15, 0.2) is 0 Å². The van der Waals surface area contributed by atoms with Crippen LogP contribution >= 0.6 is 0 Å². The van der Waals surface area contributed by atoms with Crippen molar-refractivity contribution in [3.8, 4) is 0 Å². The molecule has 1 unspecified atom stereocenters. The van der Waals surface area contributed by atoms with E-state index >= 15 is 0 Å². The van der Waals surface area contributed by atoms with Gasteiger partial charge in [-0.1, -0.05) is 0 Å². The van der Waals surface area contributed by atoms with E-state index in [1.807, 2.05) is 0 Å². The summed E-state index contributed by atoms with van der Waals surface area (Å²) in [5, 5.41) is 3.15. The number of hydrogen-bond acceptors (Lipinski definition) is 3. The van der Waals surface area contributed by atoms with Crippen molar-refractivity contribution >= 4 is 0 Å². The van der Waals surface area contributed by atoms with Crippen LogP contribution in [0.4, 0.5) is 0 Å². The maximum absolute atomic E-state index is 5.57. The van der Waals surface area contributed by atoms with Gasteiger partial charge in [-0.2, -0.15) is 0 Å². The van der Waals surface area contributed by atoms with E-state index in [4.69, 9.17) is 5.73 Å². The zero-order valence-electron chi connectivity index (χ0n) is 5.22. The first-order valence-corrected chi connectivity index (χ1v) is 2.96. The Labute approximate surface area is 49.8 Å². The Hall–Kier alpha value is -0.120. The third-order valence-electron chi connectivity index (χ3n) is 1.41. The first-order valence-electron chi connectivity index (χ1n) is 2.96. The normalized spacial score (nSPS) is 33.0. The number of nitrogens with two attached hydrogens (primary N) is 1. The Balaban J connectivity index is 2.23. The van der Waals surface area contributed by atoms with Crippen LogP contribution in [0.1, 0.15) is 0 Å². The molecular weight excluding hydrogens is 102 g/mol. The molecular formula is C5H13N3. The van der Waals surface area contributed by atoms with E-state index in [9.17, 15) is 0 Å². The zero-order chi connectivity index (χ0) is 5.98. The lowest BCUT2D eigenvalue weighted by atomic mass is 10.3. The summed E-state index contributed by atoms with van der Waals surface area (Å²) >= 11 is 0. The Morgan fingerprint density at radius 2 is 2.50 bits per heavy atom. The van der Waals surface area contributed by atoms with E-state index in [1.54, 1.807) is 0 Å². The molecule has 1 fully saturated rings. The van der Waals surface area contributed by atoms with Gasteiger partial charge in [0, 0.05) is 19.6 Å². The number of piperazine rings is 1. The van der Waals surface area contributed by atoms with Gasteiger partial charge in [0.2, 0.25) is 0 Å². The average molecular weight is 115 g/mol. The third kappa shape index (κ3) is 1.43. The van der Waals surface area contributed by atoms with Crippen molar-refractivity contribution in [3.63, 3.8) is 0 Å². The van der Waals surface area contributed by atoms with Crippen molar-refractivity contribution in [2.24, 2.45) is 5.73 Å². The third-order valence-corrected chi connectivity index (χ3v) is 1.41. The molecule has 0 aromatic heterocycles. The summed E-state index contributed by atoms with van der Waals surface area (Å²) in [7, 11) is 2.08. The van der Waals surface area contributed by atoms with Crippen LogP contribution in [0.2, 0.25) is 0 Å². The molecule has 1 aliphatic rings. The fourth-order valence-electron chi connectivity index (χ4n) is 0.932. The molecule has 0 spiro atoms. The van der Waals surface area contributed by atoms with Gasteiger partial charge < -0.3 is 10.6 Å². The molecule has 1 aliphatic heterocycles. The molecule has 0 amide bonds. The van der Waals surface area contributed by atoms with Gasteiger partial charge in [-0.15, -0.1) is 0 Å². The second-order valence-corrected chi connectivity index (χ2v) is 2.32. The minimum atomic E-state index is 0.189. The zero-order valence-corrected chi connectivity index (χ0v) is 5.22. The van der Waals surface area contributed by atoms with Crippen LogP contribution in [0, 0.1) is 0 Å². The van der Waals surface area contributed by atoms with Gasteiger partial charge in [0.1, 0.15) is 0 Å². The Bertz CT molecular complexity index is 66.1. The van der Waals surface area contributed by atoms with Crippen LogP contribution in [0.15, 0.2) is 0 Å². The smallest absolute Gasteiger partial charge is 0.0677 e. The monoisotopic (exact) mass is 115 g/mol. The van der Waals surface area contributed by atoms with Crippen LogP contribution in [-0.4, -0.2) is 37.7 Å². The van der Waals surface area contributed by atoms with Crippen molar-refractivity contribution < 1.29 is 0 Å². The molecule has 0 bridgehead atoms. The second-order valence-electron chi connectivity index (χ2n) is 2.32. The summed E-state index contributed by atoms with van der Waals surface area (Å²) in [5.41, 5.74) is 5.57. The van der Waals surface area contributed by atoms with Crippen molar-refractivity contribution in [3.05, 3.63) is 0 Å². The molecule has 0 aliphatic carbocycles. The Morgan fingerprint density at radius 3 is 2.88 bits per heavy atom. The van der Waals surface area contributed by atoms with Crippen LogP contribution in [0.5, 0.6) is 0 Å². The minimum absolute atomic E-state index is 0.189. The molecule has 3 heteroatoms. The Kier molecular flexibility index (Phi) is 1.83. The summed E-state index contributed by atoms with van der Waals surface area (Å²) < 4.78 is 0. The molecule has 0 aromatic rings. The number of likely N-dealkylation sites (N-methyl/N-ethyl adjacent to an activating group) is 1. The van der Waals surface area contributed by atoms with Crippen molar-refractivity contribution in [2.45, 2.75) is 6.17 Å². The van der Waals surface area contributed by atoms with Crippen molar-refractivity contribution in [2.75, 3.05) is 26.7 Å². The first kappa shape index (κ1) is 6.01. The standard InChI is InChI=1S/C5H13N3/c1-8-3-2-7-5(6)4-8/h5,7H,2-4,6H2,1H3. The molecule has 48 valence electrons. The molecule has 1 saturated heterocycles. The molecule has 1 heterocycles.